The minimum absolute atomic E-state index is 0.0107. The summed E-state index contributed by atoms with van der Waals surface area (Å²) in [6, 6.07) is 1.36. The van der Waals surface area contributed by atoms with E-state index in [1.54, 1.807) is 13.8 Å². The van der Waals surface area contributed by atoms with Gasteiger partial charge < -0.3 is 5.73 Å². The first kappa shape index (κ1) is 13.1. The molecule has 0 saturated carbocycles. The fraction of sp³-hybridized carbons (Fsp3) is 0.500. The van der Waals surface area contributed by atoms with Crippen LogP contribution in [0.3, 0.4) is 0 Å². The SMILES string of the molecule is CCC(C)(NS(=O)(=O)c1ccn[nH]1)C(N)=S. The molecule has 0 fully saturated rings. The summed E-state index contributed by atoms with van der Waals surface area (Å²) in [7, 11) is -3.67. The van der Waals surface area contributed by atoms with E-state index in [-0.39, 0.29) is 10.0 Å². The first-order chi connectivity index (χ1) is 7.32. The number of nitrogens with one attached hydrogen (secondary N) is 2. The first-order valence-electron chi connectivity index (χ1n) is 4.65. The molecular formula is C8H14N4O2S2. The van der Waals surface area contributed by atoms with Crippen molar-refractivity contribution in [3.8, 4) is 0 Å². The van der Waals surface area contributed by atoms with Gasteiger partial charge in [-0.3, -0.25) is 5.10 Å². The number of nitrogens with zero attached hydrogens (tertiary/aromatic N) is 1. The van der Waals surface area contributed by atoms with Crippen LogP contribution in [0.15, 0.2) is 17.3 Å². The maximum atomic E-state index is 11.9. The van der Waals surface area contributed by atoms with Gasteiger partial charge in [-0.25, -0.2) is 8.42 Å². The predicted octanol–water partition coefficient (Wildman–Crippen LogP) is 0.143. The lowest BCUT2D eigenvalue weighted by atomic mass is 10.0. The number of nitrogens with two attached hydrogens (primary N) is 1. The van der Waals surface area contributed by atoms with Gasteiger partial charge in [-0.05, 0) is 19.4 Å². The Kier molecular flexibility index (Phi) is 3.66. The van der Waals surface area contributed by atoms with E-state index < -0.39 is 15.6 Å². The number of rotatable bonds is 5. The molecule has 1 unspecified atom stereocenters. The van der Waals surface area contributed by atoms with Gasteiger partial charge in [0.1, 0.15) is 0 Å². The summed E-state index contributed by atoms with van der Waals surface area (Å²) in [5.41, 5.74) is 4.59. The van der Waals surface area contributed by atoms with Crippen LogP contribution in [0, 0.1) is 0 Å². The standard InChI is InChI=1S/C8H14N4O2S2/c1-3-8(2,7(9)15)12-16(13,14)6-4-5-10-11-6/h4-5,12H,3H2,1-2H3,(H2,9,15)(H,10,11). The van der Waals surface area contributed by atoms with Crippen molar-refractivity contribution in [1.82, 2.24) is 14.9 Å². The third-order valence-corrected chi connectivity index (χ3v) is 4.35. The van der Waals surface area contributed by atoms with Gasteiger partial charge in [0.05, 0.1) is 16.7 Å². The molecule has 0 aliphatic carbocycles. The molecule has 16 heavy (non-hydrogen) atoms. The number of aromatic amines is 1. The highest BCUT2D eigenvalue weighted by Crippen LogP contribution is 2.14. The Morgan fingerprint density at radius 2 is 2.38 bits per heavy atom. The van der Waals surface area contributed by atoms with Crippen molar-refractivity contribution in [2.75, 3.05) is 0 Å². The number of thiocarbonyl (C=S) groups is 1. The number of sulfonamides is 1. The largest absolute Gasteiger partial charge is 0.392 e. The molecule has 8 heteroatoms. The van der Waals surface area contributed by atoms with Crippen LogP contribution < -0.4 is 10.5 Å². The predicted molar refractivity (Wildman–Crippen MR) is 64.4 cm³/mol. The van der Waals surface area contributed by atoms with Crippen LogP contribution in [0.1, 0.15) is 20.3 Å². The summed E-state index contributed by atoms with van der Waals surface area (Å²) < 4.78 is 26.2. The lowest BCUT2D eigenvalue weighted by molar-refractivity contribution is 0.509. The Balaban J connectivity index is 3.01. The zero-order chi connectivity index (χ0) is 12.4. The molecule has 0 spiro atoms. The molecule has 4 N–H and O–H groups in total. The summed E-state index contributed by atoms with van der Waals surface area (Å²) in [6.45, 7) is 3.44. The van der Waals surface area contributed by atoms with E-state index in [0.29, 0.717) is 6.42 Å². The molecule has 6 nitrogen and oxygen atoms in total. The van der Waals surface area contributed by atoms with E-state index in [0.717, 1.165) is 0 Å². The maximum Gasteiger partial charge on any atom is 0.258 e. The van der Waals surface area contributed by atoms with Gasteiger partial charge in [-0.1, -0.05) is 19.1 Å². The smallest absolute Gasteiger partial charge is 0.258 e. The van der Waals surface area contributed by atoms with Crippen LogP contribution in [-0.4, -0.2) is 29.1 Å². The van der Waals surface area contributed by atoms with Crippen molar-refractivity contribution in [2.45, 2.75) is 30.8 Å². The molecule has 0 saturated heterocycles. The van der Waals surface area contributed by atoms with Crippen LogP contribution in [0.4, 0.5) is 0 Å². The molecule has 0 amide bonds. The van der Waals surface area contributed by atoms with Gasteiger partial charge in [0, 0.05) is 0 Å². The van der Waals surface area contributed by atoms with Crippen molar-refractivity contribution in [3.63, 3.8) is 0 Å². The van der Waals surface area contributed by atoms with Gasteiger partial charge in [0.25, 0.3) is 10.0 Å². The van der Waals surface area contributed by atoms with Crippen LogP contribution >= 0.6 is 12.2 Å². The molecule has 0 bridgehead atoms. The molecular weight excluding hydrogens is 248 g/mol. The van der Waals surface area contributed by atoms with E-state index in [1.807, 2.05) is 0 Å². The number of hydrogen-bond acceptors (Lipinski definition) is 4. The van der Waals surface area contributed by atoms with Crippen LogP contribution in [0.25, 0.3) is 0 Å². The van der Waals surface area contributed by atoms with Crippen LogP contribution in [0.2, 0.25) is 0 Å². The van der Waals surface area contributed by atoms with E-state index in [9.17, 15) is 8.42 Å². The normalized spacial score (nSPS) is 15.6. The molecule has 0 aliphatic heterocycles. The summed E-state index contributed by atoms with van der Waals surface area (Å²) in [5.74, 6) is 0. The molecule has 1 aromatic heterocycles. The number of H-pyrrole nitrogens is 1. The van der Waals surface area contributed by atoms with Crippen molar-refractivity contribution in [3.05, 3.63) is 12.3 Å². The minimum Gasteiger partial charge on any atom is -0.392 e. The average Bonchev–Trinajstić information content (AvgIpc) is 2.70. The van der Waals surface area contributed by atoms with Crippen molar-refractivity contribution < 1.29 is 8.42 Å². The second kappa shape index (κ2) is 4.48. The molecule has 1 heterocycles. The van der Waals surface area contributed by atoms with Crippen molar-refractivity contribution >= 4 is 27.2 Å². The third kappa shape index (κ3) is 2.57. The Bertz CT molecular complexity index is 468. The fourth-order valence-corrected chi connectivity index (χ4v) is 2.67. The first-order valence-corrected chi connectivity index (χ1v) is 6.54. The Morgan fingerprint density at radius 1 is 1.75 bits per heavy atom. The molecule has 1 aromatic rings. The zero-order valence-electron chi connectivity index (χ0n) is 9.02. The Hall–Kier alpha value is -0.990. The second-order valence-electron chi connectivity index (χ2n) is 3.58. The molecule has 90 valence electrons. The summed E-state index contributed by atoms with van der Waals surface area (Å²) in [5, 5.41) is 5.95. The maximum absolute atomic E-state index is 11.9. The summed E-state index contributed by atoms with van der Waals surface area (Å²) >= 11 is 4.85. The molecule has 0 aromatic carbocycles. The Labute approximate surface area is 99.7 Å². The zero-order valence-corrected chi connectivity index (χ0v) is 10.7. The highest BCUT2D eigenvalue weighted by molar-refractivity contribution is 7.89. The average molecular weight is 262 g/mol. The number of aromatic nitrogens is 2. The summed E-state index contributed by atoms with van der Waals surface area (Å²) in [4.78, 5) is 0.109. The third-order valence-electron chi connectivity index (χ3n) is 2.38. The molecule has 0 aliphatic rings. The lowest BCUT2D eigenvalue weighted by Crippen LogP contribution is -2.53. The van der Waals surface area contributed by atoms with Crippen LogP contribution in [0.5, 0.6) is 0 Å². The van der Waals surface area contributed by atoms with E-state index in [2.05, 4.69) is 14.9 Å². The van der Waals surface area contributed by atoms with Gasteiger partial charge >= 0.3 is 0 Å². The monoisotopic (exact) mass is 262 g/mol. The lowest BCUT2D eigenvalue weighted by Gasteiger charge is -2.27. The molecule has 0 radical (unpaired) electrons. The quantitative estimate of drug-likeness (QED) is 0.655. The number of hydrogen-bond donors (Lipinski definition) is 3. The highest BCUT2D eigenvalue weighted by atomic mass is 32.2. The summed E-state index contributed by atoms with van der Waals surface area (Å²) in [6.07, 6.45) is 1.83. The van der Waals surface area contributed by atoms with Gasteiger partial charge in [-0.15, -0.1) is 0 Å². The van der Waals surface area contributed by atoms with E-state index >= 15 is 0 Å². The second-order valence-corrected chi connectivity index (χ2v) is 5.67. The molecule has 1 atom stereocenters. The topological polar surface area (TPSA) is 101 Å². The highest BCUT2D eigenvalue weighted by Gasteiger charge is 2.32. The van der Waals surface area contributed by atoms with Gasteiger partial charge in [-0.2, -0.15) is 9.82 Å². The molecule has 1 rings (SSSR count). The Morgan fingerprint density at radius 3 is 2.75 bits per heavy atom. The van der Waals surface area contributed by atoms with Gasteiger partial charge in [0.2, 0.25) is 0 Å². The van der Waals surface area contributed by atoms with E-state index in [1.165, 1.54) is 12.3 Å². The van der Waals surface area contributed by atoms with Crippen molar-refractivity contribution in [2.24, 2.45) is 5.73 Å². The van der Waals surface area contributed by atoms with Crippen LogP contribution in [-0.2, 0) is 10.0 Å². The van der Waals surface area contributed by atoms with Crippen molar-refractivity contribution in [1.29, 1.82) is 0 Å². The van der Waals surface area contributed by atoms with Gasteiger partial charge in [0.15, 0.2) is 5.03 Å². The van der Waals surface area contributed by atoms with E-state index in [4.69, 9.17) is 18.0 Å². The fourth-order valence-electron chi connectivity index (χ4n) is 1.04. The minimum atomic E-state index is -3.67.